The van der Waals surface area contributed by atoms with Crippen LogP contribution in [0, 0.1) is 11.3 Å². The molecule has 2 N–H and O–H groups in total. The molecule has 0 aliphatic heterocycles. The van der Waals surface area contributed by atoms with E-state index in [9.17, 15) is 18.0 Å². The molecule has 2 amide bonds. The summed E-state index contributed by atoms with van der Waals surface area (Å²) in [6.07, 6.45) is -1.82. The monoisotopic (exact) mass is 283 g/mol. The Hall–Kier alpha value is -2.23. The number of nitriles is 1. The molecular weight excluding hydrogens is 271 g/mol. The van der Waals surface area contributed by atoms with Gasteiger partial charge in [-0.1, -0.05) is 0 Å². The number of rotatable bonds is 2. The lowest BCUT2D eigenvalue weighted by molar-refractivity contribution is -0.137. The van der Waals surface area contributed by atoms with Crippen LogP contribution >= 0.6 is 0 Å². The van der Waals surface area contributed by atoms with Crippen LogP contribution in [0.3, 0.4) is 0 Å². The number of carbonyl (C=O) groups excluding carboxylic acids is 1. The summed E-state index contributed by atoms with van der Waals surface area (Å²) in [6, 6.07) is 4.12. The molecule has 0 heterocycles. The van der Waals surface area contributed by atoms with E-state index in [-0.39, 0.29) is 11.7 Å². The molecule has 2 rings (SSSR count). The van der Waals surface area contributed by atoms with E-state index < -0.39 is 23.3 Å². The van der Waals surface area contributed by atoms with Gasteiger partial charge in [-0.25, -0.2) is 4.79 Å². The first-order chi connectivity index (χ1) is 9.40. The molecule has 1 aliphatic rings. The van der Waals surface area contributed by atoms with Gasteiger partial charge >= 0.3 is 12.2 Å². The third-order valence-electron chi connectivity index (χ3n) is 3.14. The molecule has 0 unspecified atom stereocenters. The topological polar surface area (TPSA) is 64.9 Å². The minimum absolute atomic E-state index is 0.00754. The summed E-state index contributed by atoms with van der Waals surface area (Å²) in [5.74, 6) is 0. The molecular formula is C13H12F3N3O. The molecule has 1 aromatic carbocycles. The van der Waals surface area contributed by atoms with Crippen LogP contribution in [-0.2, 0) is 6.18 Å². The number of anilines is 1. The van der Waals surface area contributed by atoms with Crippen molar-refractivity contribution in [2.24, 2.45) is 0 Å². The summed E-state index contributed by atoms with van der Waals surface area (Å²) in [5, 5.41) is 13.7. The van der Waals surface area contributed by atoms with E-state index in [1.165, 1.54) is 12.1 Å². The molecule has 1 aromatic rings. The number of carbonyl (C=O) groups is 1. The first kappa shape index (κ1) is 14.2. The van der Waals surface area contributed by atoms with Gasteiger partial charge in [0.05, 0.1) is 17.2 Å². The predicted molar refractivity (Wildman–Crippen MR) is 66.0 cm³/mol. The minimum Gasteiger partial charge on any atom is -0.335 e. The molecule has 0 saturated heterocycles. The quantitative estimate of drug-likeness (QED) is 0.875. The first-order valence-corrected chi connectivity index (χ1v) is 6.09. The van der Waals surface area contributed by atoms with E-state index in [0.717, 1.165) is 31.4 Å². The molecule has 0 aromatic heterocycles. The van der Waals surface area contributed by atoms with E-state index in [4.69, 9.17) is 5.26 Å². The molecule has 7 heteroatoms. The molecule has 0 atom stereocenters. The van der Waals surface area contributed by atoms with Gasteiger partial charge in [0.2, 0.25) is 0 Å². The van der Waals surface area contributed by atoms with Gasteiger partial charge < -0.3 is 10.6 Å². The summed E-state index contributed by atoms with van der Waals surface area (Å²) in [4.78, 5) is 11.6. The molecule has 0 bridgehead atoms. The molecule has 0 radical (unpaired) electrons. The van der Waals surface area contributed by atoms with Crippen LogP contribution in [-0.4, -0.2) is 12.1 Å². The van der Waals surface area contributed by atoms with Crippen LogP contribution in [0.15, 0.2) is 18.2 Å². The molecule has 106 valence electrons. The van der Waals surface area contributed by atoms with Crippen LogP contribution in [0.1, 0.15) is 30.4 Å². The van der Waals surface area contributed by atoms with E-state index in [1.807, 2.05) is 0 Å². The zero-order valence-corrected chi connectivity index (χ0v) is 10.4. The van der Waals surface area contributed by atoms with Gasteiger partial charge in [0.1, 0.15) is 0 Å². The lowest BCUT2D eigenvalue weighted by Gasteiger charge is -2.26. The molecule has 0 spiro atoms. The first-order valence-electron chi connectivity index (χ1n) is 6.09. The Morgan fingerprint density at radius 2 is 2.05 bits per heavy atom. The van der Waals surface area contributed by atoms with Crippen molar-refractivity contribution >= 4 is 11.7 Å². The second kappa shape index (κ2) is 5.41. The van der Waals surface area contributed by atoms with Crippen LogP contribution in [0.4, 0.5) is 23.7 Å². The number of hydrogen-bond donors (Lipinski definition) is 2. The Morgan fingerprint density at radius 3 is 2.55 bits per heavy atom. The maximum Gasteiger partial charge on any atom is 0.417 e. The minimum atomic E-state index is -4.63. The largest absolute Gasteiger partial charge is 0.417 e. The van der Waals surface area contributed by atoms with Crippen molar-refractivity contribution in [1.82, 2.24) is 5.32 Å². The standard InChI is InChI=1S/C13H12F3N3O/c14-13(15,16)11-6-10(5-4-8(11)7-17)19-12(20)18-9-2-1-3-9/h4-6,9H,1-3H2,(H2,18,19,20). The van der Waals surface area contributed by atoms with Crippen molar-refractivity contribution in [2.75, 3.05) is 5.32 Å². The van der Waals surface area contributed by atoms with Crippen molar-refractivity contribution < 1.29 is 18.0 Å². The van der Waals surface area contributed by atoms with E-state index >= 15 is 0 Å². The Bertz CT molecular complexity index is 559. The van der Waals surface area contributed by atoms with Gasteiger partial charge in [-0.15, -0.1) is 0 Å². The second-order valence-electron chi connectivity index (χ2n) is 4.60. The maximum absolute atomic E-state index is 12.7. The van der Waals surface area contributed by atoms with E-state index in [2.05, 4.69) is 10.6 Å². The number of hydrogen-bond acceptors (Lipinski definition) is 2. The fourth-order valence-electron chi connectivity index (χ4n) is 1.86. The second-order valence-corrected chi connectivity index (χ2v) is 4.60. The summed E-state index contributed by atoms with van der Waals surface area (Å²) in [7, 11) is 0. The highest BCUT2D eigenvalue weighted by molar-refractivity contribution is 5.89. The van der Waals surface area contributed by atoms with Crippen LogP contribution in [0.5, 0.6) is 0 Å². The number of nitrogens with one attached hydrogen (secondary N) is 2. The van der Waals surface area contributed by atoms with Gasteiger partial charge in [0.15, 0.2) is 0 Å². The smallest absolute Gasteiger partial charge is 0.335 e. The lowest BCUT2D eigenvalue weighted by atomic mass is 9.93. The highest BCUT2D eigenvalue weighted by Gasteiger charge is 2.34. The van der Waals surface area contributed by atoms with Gasteiger partial charge in [-0.05, 0) is 37.5 Å². The average Bonchev–Trinajstić information content (AvgIpc) is 2.33. The average molecular weight is 283 g/mol. The van der Waals surface area contributed by atoms with Crippen LogP contribution in [0.2, 0.25) is 0 Å². The highest BCUT2D eigenvalue weighted by atomic mass is 19.4. The van der Waals surface area contributed by atoms with Gasteiger partial charge in [-0.3, -0.25) is 0 Å². The number of nitrogens with zero attached hydrogens (tertiary/aromatic N) is 1. The van der Waals surface area contributed by atoms with Crippen molar-refractivity contribution in [3.05, 3.63) is 29.3 Å². The fourth-order valence-corrected chi connectivity index (χ4v) is 1.86. The van der Waals surface area contributed by atoms with Crippen molar-refractivity contribution in [3.63, 3.8) is 0 Å². The number of urea groups is 1. The summed E-state index contributed by atoms with van der Waals surface area (Å²) >= 11 is 0. The number of halogens is 3. The normalized spacial score (nSPS) is 15.1. The highest BCUT2D eigenvalue weighted by Crippen LogP contribution is 2.33. The van der Waals surface area contributed by atoms with Crippen molar-refractivity contribution in [1.29, 1.82) is 5.26 Å². The molecule has 1 saturated carbocycles. The maximum atomic E-state index is 12.7. The van der Waals surface area contributed by atoms with E-state index in [0.29, 0.717) is 0 Å². The van der Waals surface area contributed by atoms with Crippen LogP contribution in [0.25, 0.3) is 0 Å². The summed E-state index contributed by atoms with van der Waals surface area (Å²) < 4.78 is 38.2. The van der Waals surface area contributed by atoms with Gasteiger partial charge in [0, 0.05) is 11.7 Å². The van der Waals surface area contributed by atoms with Crippen LogP contribution < -0.4 is 10.6 Å². The predicted octanol–water partition coefficient (Wildman–Crippen LogP) is 3.25. The SMILES string of the molecule is N#Cc1ccc(NC(=O)NC2CCC2)cc1C(F)(F)F. The lowest BCUT2D eigenvalue weighted by Crippen LogP contribution is -2.41. The Morgan fingerprint density at radius 1 is 1.35 bits per heavy atom. The summed E-state index contributed by atoms with van der Waals surface area (Å²) in [5.41, 5.74) is -1.52. The Labute approximate surface area is 113 Å². The fraction of sp³-hybridized carbons (Fsp3) is 0.385. The molecule has 4 nitrogen and oxygen atoms in total. The van der Waals surface area contributed by atoms with E-state index in [1.54, 1.807) is 0 Å². The number of alkyl halides is 3. The van der Waals surface area contributed by atoms with Crippen molar-refractivity contribution in [3.8, 4) is 6.07 Å². The molecule has 1 aliphatic carbocycles. The molecule has 1 fully saturated rings. The Balaban J connectivity index is 2.12. The summed E-state index contributed by atoms with van der Waals surface area (Å²) in [6.45, 7) is 0. The third kappa shape index (κ3) is 3.20. The molecule has 20 heavy (non-hydrogen) atoms. The zero-order valence-electron chi connectivity index (χ0n) is 10.4. The number of amides is 2. The van der Waals surface area contributed by atoms with Gasteiger partial charge in [0.25, 0.3) is 0 Å². The van der Waals surface area contributed by atoms with Crippen molar-refractivity contribution in [2.45, 2.75) is 31.5 Å². The van der Waals surface area contributed by atoms with Gasteiger partial charge in [-0.2, -0.15) is 18.4 Å². The zero-order chi connectivity index (χ0) is 14.8. The Kier molecular flexibility index (Phi) is 3.84. The third-order valence-corrected chi connectivity index (χ3v) is 3.14. The number of benzene rings is 1.